The fourth-order valence-electron chi connectivity index (χ4n) is 2.85. The lowest BCUT2D eigenvalue weighted by molar-refractivity contribution is 0.0704. The minimum Gasteiger partial charge on any atom is -0.391 e. The number of aliphatic hydroxyl groups excluding tert-OH is 1. The molecule has 8 heteroatoms. The molecule has 1 fully saturated rings. The molecular weight excluding hydrogens is 322 g/mol. The topological polar surface area (TPSA) is 75.8 Å². The highest BCUT2D eigenvalue weighted by atomic mass is 19.2. The van der Waals surface area contributed by atoms with Crippen LogP contribution in [0.3, 0.4) is 0 Å². The Morgan fingerprint density at radius 3 is 2.92 bits per heavy atom. The normalized spacial score (nSPS) is 20.6. The molecule has 0 radical (unpaired) electrons. The number of hydrogen-bond donors (Lipinski definition) is 1. The number of halogens is 2. The van der Waals surface area contributed by atoms with E-state index >= 15 is 0 Å². The second kappa shape index (κ2) is 6.66. The smallest absolute Gasteiger partial charge is 0.276 e. The number of aliphatic hydroxyl groups is 1. The van der Waals surface area contributed by atoms with Gasteiger partial charge in [-0.3, -0.25) is 4.79 Å². The van der Waals surface area contributed by atoms with E-state index in [1.165, 1.54) is 24.1 Å². The number of rotatable bonds is 4. The summed E-state index contributed by atoms with van der Waals surface area (Å²) < 4.78 is 36.5. The van der Waals surface area contributed by atoms with Crippen LogP contribution in [0.2, 0.25) is 0 Å². The maximum Gasteiger partial charge on any atom is 0.276 e. The van der Waals surface area contributed by atoms with Crippen molar-refractivity contribution >= 4 is 5.91 Å². The van der Waals surface area contributed by atoms with Gasteiger partial charge in [-0.1, -0.05) is 11.2 Å². The van der Waals surface area contributed by atoms with Gasteiger partial charge in [-0.15, -0.1) is 0 Å². The molecule has 1 aliphatic rings. The van der Waals surface area contributed by atoms with Crippen molar-refractivity contribution in [2.45, 2.75) is 25.2 Å². The summed E-state index contributed by atoms with van der Waals surface area (Å²) in [7, 11) is 1.49. The van der Waals surface area contributed by atoms with Crippen molar-refractivity contribution in [1.29, 1.82) is 0 Å². The third-order valence-electron chi connectivity index (χ3n) is 3.93. The first kappa shape index (κ1) is 16.5. The summed E-state index contributed by atoms with van der Waals surface area (Å²) in [6.45, 7) is 0.254. The zero-order valence-corrected chi connectivity index (χ0v) is 12.9. The van der Waals surface area contributed by atoms with Crippen molar-refractivity contribution in [3.05, 3.63) is 52.9 Å². The van der Waals surface area contributed by atoms with Crippen LogP contribution in [0.4, 0.5) is 8.78 Å². The molecule has 2 heterocycles. The highest BCUT2D eigenvalue weighted by molar-refractivity contribution is 5.92. The van der Waals surface area contributed by atoms with E-state index in [4.69, 9.17) is 9.26 Å². The number of methoxy groups -OCH3 is 1. The number of aromatic nitrogens is 1. The quantitative estimate of drug-likeness (QED) is 0.923. The van der Waals surface area contributed by atoms with E-state index in [0.29, 0.717) is 11.3 Å². The fourth-order valence-corrected chi connectivity index (χ4v) is 2.85. The van der Waals surface area contributed by atoms with Crippen LogP contribution >= 0.6 is 0 Å². The lowest BCUT2D eigenvalue weighted by Gasteiger charge is -2.23. The van der Waals surface area contributed by atoms with Gasteiger partial charge in [0.05, 0.1) is 12.1 Å². The molecule has 1 saturated heterocycles. The van der Waals surface area contributed by atoms with E-state index in [1.54, 1.807) is 0 Å². The Morgan fingerprint density at radius 2 is 2.21 bits per heavy atom. The molecule has 24 heavy (non-hydrogen) atoms. The van der Waals surface area contributed by atoms with Gasteiger partial charge in [-0.2, -0.15) is 0 Å². The van der Waals surface area contributed by atoms with E-state index in [1.807, 2.05) is 0 Å². The Bertz CT molecular complexity index is 749. The van der Waals surface area contributed by atoms with Crippen molar-refractivity contribution in [3.8, 4) is 0 Å². The van der Waals surface area contributed by atoms with Crippen LogP contribution in [-0.4, -0.2) is 40.8 Å². The number of hydrogen-bond acceptors (Lipinski definition) is 5. The molecule has 1 aliphatic heterocycles. The molecule has 3 rings (SSSR count). The van der Waals surface area contributed by atoms with Crippen LogP contribution in [0, 0.1) is 11.6 Å². The van der Waals surface area contributed by atoms with E-state index in [0.717, 1.165) is 12.1 Å². The standard InChI is InChI=1S/C16H16F2N2O4/c1-23-8-11-6-14(19-24-11)16(22)20-7-10(21)5-15(20)9-2-3-12(17)13(18)4-9/h2-4,6,10,15,21H,5,7-8H2,1H3/t10-,15-/m1/s1. The lowest BCUT2D eigenvalue weighted by Crippen LogP contribution is -2.32. The van der Waals surface area contributed by atoms with Gasteiger partial charge in [0.2, 0.25) is 0 Å². The van der Waals surface area contributed by atoms with Gasteiger partial charge < -0.3 is 19.3 Å². The van der Waals surface area contributed by atoms with Crippen molar-refractivity contribution in [2.24, 2.45) is 0 Å². The van der Waals surface area contributed by atoms with Crippen LogP contribution in [0.5, 0.6) is 0 Å². The van der Waals surface area contributed by atoms with Gasteiger partial charge in [0.15, 0.2) is 23.1 Å². The molecule has 2 atom stereocenters. The van der Waals surface area contributed by atoms with Crippen LogP contribution in [0.1, 0.15) is 34.3 Å². The second-order valence-corrected chi connectivity index (χ2v) is 5.65. The van der Waals surface area contributed by atoms with E-state index in [-0.39, 0.29) is 25.3 Å². The lowest BCUT2D eigenvalue weighted by atomic mass is 10.0. The molecule has 1 N–H and O–H groups in total. The largest absolute Gasteiger partial charge is 0.391 e. The van der Waals surface area contributed by atoms with Gasteiger partial charge in [0, 0.05) is 19.7 Å². The van der Waals surface area contributed by atoms with Crippen molar-refractivity contribution in [2.75, 3.05) is 13.7 Å². The van der Waals surface area contributed by atoms with Gasteiger partial charge in [0.25, 0.3) is 5.91 Å². The van der Waals surface area contributed by atoms with E-state index in [2.05, 4.69) is 5.16 Å². The molecule has 128 valence electrons. The Morgan fingerprint density at radius 1 is 1.42 bits per heavy atom. The number of benzene rings is 1. The first-order chi connectivity index (χ1) is 11.5. The molecule has 2 aromatic rings. The minimum absolute atomic E-state index is 0.0729. The van der Waals surface area contributed by atoms with Crippen molar-refractivity contribution in [3.63, 3.8) is 0 Å². The molecule has 0 aliphatic carbocycles. The fraction of sp³-hybridized carbons (Fsp3) is 0.375. The van der Waals surface area contributed by atoms with Crippen LogP contribution in [-0.2, 0) is 11.3 Å². The average molecular weight is 338 g/mol. The number of carbonyl (C=O) groups excluding carboxylic acids is 1. The van der Waals surface area contributed by atoms with E-state index in [9.17, 15) is 18.7 Å². The predicted octanol–water partition coefficient (Wildman–Crippen LogP) is 2.05. The highest BCUT2D eigenvalue weighted by Crippen LogP contribution is 2.34. The number of amides is 1. The molecule has 1 amide bonds. The first-order valence-corrected chi connectivity index (χ1v) is 7.38. The number of β-amino-alcohol motifs (C(OH)–C–C–N with tert-alkyl or cyclic N) is 1. The molecule has 1 aromatic heterocycles. The summed E-state index contributed by atoms with van der Waals surface area (Å²) in [5.41, 5.74) is 0.489. The monoisotopic (exact) mass is 338 g/mol. The predicted molar refractivity (Wildman–Crippen MR) is 78.0 cm³/mol. The molecule has 0 spiro atoms. The second-order valence-electron chi connectivity index (χ2n) is 5.65. The van der Waals surface area contributed by atoms with Gasteiger partial charge in [0.1, 0.15) is 6.61 Å². The molecule has 1 aromatic carbocycles. The Labute approximate surface area is 136 Å². The zero-order chi connectivity index (χ0) is 17.3. The third kappa shape index (κ3) is 3.15. The molecular formula is C16H16F2N2O4. The summed E-state index contributed by atoms with van der Waals surface area (Å²) in [4.78, 5) is 14.0. The van der Waals surface area contributed by atoms with E-state index < -0.39 is 29.7 Å². The zero-order valence-electron chi connectivity index (χ0n) is 12.9. The first-order valence-electron chi connectivity index (χ1n) is 7.38. The van der Waals surface area contributed by atoms with Crippen LogP contribution in [0.25, 0.3) is 0 Å². The number of nitrogens with zero attached hydrogens (tertiary/aromatic N) is 2. The third-order valence-corrected chi connectivity index (χ3v) is 3.93. The average Bonchev–Trinajstić information content (AvgIpc) is 3.16. The highest BCUT2D eigenvalue weighted by Gasteiger charge is 2.37. The maximum atomic E-state index is 13.5. The van der Waals surface area contributed by atoms with Gasteiger partial charge in [-0.25, -0.2) is 8.78 Å². The Balaban J connectivity index is 1.86. The maximum absolute atomic E-state index is 13.5. The van der Waals surface area contributed by atoms with Crippen molar-refractivity contribution < 1.29 is 27.9 Å². The van der Waals surface area contributed by atoms with Gasteiger partial charge >= 0.3 is 0 Å². The molecule has 6 nitrogen and oxygen atoms in total. The molecule has 0 saturated carbocycles. The number of likely N-dealkylation sites (tertiary alicyclic amines) is 1. The summed E-state index contributed by atoms with van der Waals surface area (Å²) >= 11 is 0. The molecule has 0 bridgehead atoms. The summed E-state index contributed by atoms with van der Waals surface area (Å²) in [6, 6.07) is 4.34. The summed E-state index contributed by atoms with van der Waals surface area (Å²) in [5, 5.41) is 13.6. The SMILES string of the molecule is COCc1cc(C(=O)N2C[C@H](O)C[C@@H]2c2ccc(F)c(F)c2)no1. The Hall–Kier alpha value is -2.32. The summed E-state index contributed by atoms with van der Waals surface area (Å²) in [5.74, 6) is -2.02. The van der Waals surface area contributed by atoms with Crippen LogP contribution in [0.15, 0.2) is 28.8 Å². The van der Waals surface area contributed by atoms with Crippen LogP contribution < -0.4 is 0 Å². The number of carbonyl (C=O) groups is 1. The minimum atomic E-state index is -0.995. The van der Waals surface area contributed by atoms with Gasteiger partial charge in [-0.05, 0) is 24.1 Å². The summed E-state index contributed by atoms with van der Waals surface area (Å²) in [6.07, 6.45) is -0.517. The van der Waals surface area contributed by atoms with Crippen molar-refractivity contribution in [1.82, 2.24) is 10.1 Å². The Kier molecular flexibility index (Phi) is 4.59. The molecule has 0 unspecified atom stereocenters. The number of ether oxygens (including phenoxy) is 1.